The molecule has 2 saturated heterocycles. The first-order valence-electron chi connectivity index (χ1n) is 15.6. The monoisotopic (exact) mass is 653 g/mol. The number of aromatic amines is 1. The zero-order chi connectivity index (χ0) is 32.9. The van der Waals surface area contributed by atoms with Gasteiger partial charge in [-0.25, -0.2) is 9.18 Å². The van der Waals surface area contributed by atoms with Gasteiger partial charge in [-0.2, -0.15) is 15.1 Å². The molecule has 0 unspecified atom stereocenters. The molecular formula is C33H41ClFN7O4. The summed E-state index contributed by atoms with van der Waals surface area (Å²) in [7, 11) is 2.03. The molecule has 0 bridgehead atoms. The largest absolute Gasteiger partial charge is 0.461 e. The van der Waals surface area contributed by atoms with E-state index < -0.39 is 11.4 Å². The molecule has 2 aliphatic rings. The lowest BCUT2D eigenvalue weighted by Gasteiger charge is -2.45. The van der Waals surface area contributed by atoms with E-state index in [1.807, 2.05) is 60.7 Å². The number of aryl methyl sites for hydroxylation is 1. The Hall–Kier alpha value is -3.74. The van der Waals surface area contributed by atoms with Gasteiger partial charge >= 0.3 is 12.1 Å². The number of nitrogens with one attached hydrogen (secondary N) is 1. The summed E-state index contributed by atoms with van der Waals surface area (Å²) >= 11 is 6.93. The number of H-pyrrole nitrogens is 1. The summed E-state index contributed by atoms with van der Waals surface area (Å²) in [6.45, 7) is 14.6. The van der Waals surface area contributed by atoms with Crippen LogP contribution in [0.5, 0.6) is 6.01 Å². The van der Waals surface area contributed by atoms with Crippen LogP contribution in [-0.2, 0) is 9.47 Å². The highest BCUT2D eigenvalue weighted by Gasteiger charge is 2.36. The molecule has 2 aliphatic heterocycles. The second-order valence-corrected chi connectivity index (χ2v) is 13.8. The number of rotatable bonds is 5. The second-order valence-electron chi connectivity index (χ2n) is 13.4. The number of hydrogen-bond donors (Lipinski definition) is 1. The number of hydrogen-bond acceptors (Lipinski definition) is 9. The highest BCUT2D eigenvalue weighted by molar-refractivity contribution is 6.35. The summed E-state index contributed by atoms with van der Waals surface area (Å²) in [5.74, 6) is -0.100. The van der Waals surface area contributed by atoms with Crippen LogP contribution in [-0.4, -0.2) is 106 Å². The molecule has 246 valence electrons. The number of likely N-dealkylation sites (N-methyl/N-ethyl adjacent to an activating group) is 1. The van der Waals surface area contributed by atoms with E-state index in [2.05, 4.69) is 25.0 Å². The van der Waals surface area contributed by atoms with Crippen molar-refractivity contribution in [3.63, 3.8) is 0 Å². The molecule has 1 amide bonds. The fourth-order valence-corrected chi connectivity index (χ4v) is 6.53. The molecule has 4 aromatic rings. The Morgan fingerprint density at radius 2 is 1.93 bits per heavy atom. The lowest BCUT2D eigenvalue weighted by atomic mass is 9.96. The zero-order valence-corrected chi connectivity index (χ0v) is 28.1. The van der Waals surface area contributed by atoms with E-state index in [1.165, 1.54) is 0 Å². The molecule has 13 heteroatoms. The predicted molar refractivity (Wildman–Crippen MR) is 176 cm³/mol. The summed E-state index contributed by atoms with van der Waals surface area (Å²) in [6, 6.07) is 5.21. The molecule has 6 rings (SSSR count). The van der Waals surface area contributed by atoms with Crippen LogP contribution in [0.4, 0.5) is 15.0 Å². The third-order valence-electron chi connectivity index (χ3n) is 8.54. The van der Waals surface area contributed by atoms with Crippen molar-refractivity contribution < 1.29 is 23.4 Å². The molecule has 0 radical (unpaired) electrons. The summed E-state index contributed by atoms with van der Waals surface area (Å²) in [5.41, 5.74) is 1.84. The van der Waals surface area contributed by atoms with Crippen LogP contribution in [0.2, 0.25) is 5.02 Å². The molecule has 11 nitrogen and oxygen atoms in total. The van der Waals surface area contributed by atoms with Gasteiger partial charge in [0.1, 0.15) is 29.6 Å². The predicted octanol–water partition coefficient (Wildman–Crippen LogP) is 5.82. The first-order valence-corrected chi connectivity index (χ1v) is 16.0. The SMILES string of the molecule is Cc1ccc2cn[nH]c2c1-c1c(Cl)cc2c(N3C[C@@H](C)N(C(=O)OC(C)(C)C)C[C@@H]3C)nc(OC[C@@H]3CN(C)CCO3)nc2c1F. The molecule has 2 aromatic heterocycles. The molecule has 1 N–H and O–H groups in total. The number of fused-ring (bicyclic) bond motifs is 2. The molecule has 0 aliphatic carbocycles. The molecule has 3 atom stereocenters. The van der Waals surface area contributed by atoms with Gasteiger partial charge in [-0.1, -0.05) is 23.7 Å². The molecule has 0 saturated carbocycles. The van der Waals surface area contributed by atoms with Crippen molar-refractivity contribution in [3.8, 4) is 17.1 Å². The number of carbonyl (C=O) groups excluding carboxylic acids is 1. The fraction of sp³-hybridized carbons (Fsp3) is 0.515. The van der Waals surface area contributed by atoms with Crippen molar-refractivity contribution in [2.45, 2.75) is 65.3 Å². The molecule has 2 fully saturated rings. The van der Waals surface area contributed by atoms with E-state index in [0.717, 1.165) is 17.5 Å². The molecule has 0 spiro atoms. The first kappa shape index (κ1) is 32.2. The number of benzene rings is 2. The number of halogens is 2. The summed E-state index contributed by atoms with van der Waals surface area (Å²) in [5, 5.41) is 8.69. The van der Waals surface area contributed by atoms with Crippen LogP contribution < -0.4 is 9.64 Å². The lowest BCUT2D eigenvalue weighted by molar-refractivity contribution is -0.0416. The summed E-state index contributed by atoms with van der Waals surface area (Å²) in [4.78, 5) is 28.5. The number of piperazine rings is 1. The summed E-state index contributed by atoms with van der Waals surface area (Å²) < 4.78 is 34.6. The normalized spacial score (nSPS) is 21.3. The highest BCUT2D eigenvalue weighted by atomic mass is 35.5. The van der Waals surface area contributed by atoms with Gasteiger partial charge in [-0.15, -0.1) is 0 Å². The van der Waals surface area contributed by atoms with Crippen LogP contribution in [0, 0.1) is 12.7 Å². The Bertz CT molecular complexity index is 1780. The van der Waals surface area contributed by atoms with Gasteiger partial charge in [0.25, 0.3) is 0 Å². The van der Waals surface area contributed by atoms with Gasteiger partial charge in [0.15, 0.2) is 5.82 Å². The molecule has 4 heterocycles. The van der Waals surface area contributed by atoms with E-state index in [9.17, 15) is 4.79 Å². The fourth-order valence-electron chi connectivity index (χ4n) is 6.24. The van der Waals surface area contributed by atoms with Gasteiger partial charge in [0, 0.05) is 60.2 Å². The standard InChI is InChI=1S/C33H41ClFN7O4/c1-18-8-9-21-13-36-39-28(21)25(18)26-24(34)12-23-29(27(26)35)37-31(45-17-22-16-40(7)10-11-44-22)38-30(23)41-14-20(3)42(15-19(41)2)32(43)46-33(4,5)6/h8-9,12-13,19-20,22H,10-11,14-17H2,1-7H3,(H,36,39)/t19-,20+,22-/m0/s1. The van der Waals surface area contributed by atoms with Crippen molar-refractivity contribution in [3.05, 3.63) is 40.8 Å². The minimum absolute atomic E-state index is 0.0393. The van der Waals surface area contributed by atoms with E-state index in [4.69, 9.17) is 30.8 Å². The Morgan fingerprint density at radius 1 is 1.15 bits per heavy atom. The van der Waals surface area contributed by atoms with E-state index in [-0.39, 0.29) is 53.0 Å². The Labute approximate surface area is 272 Å². The highest BCUT2D eigenvalue weighted by Crippen LogP contribution is 2.42. The third-order valence-corrected chi connectivity index (χ3v) is 8.84. The van der Waals surface area contributed by atoms with Crippen molar-refractivity contribution >= 4 is 45.3 Å². The topological polar surface area (TPSA) is 109 Å². The van der Waals surface area contributed by atoms with Crippen molar-refractivity contribution in [2.75, 3.05) is 51.3 Å². The maximum atomic E-state index is 16.9. The average Bonchev–Trinajstić information content (AvgIpc) is 3.46. The number of nitrogens with zero attached hydrogens (tertiary/aromatic N) is 6. The van der Waals surface area contributed by atoms with Gasteiger partial charge in [0.05, 0.1) is 23.3 Å². The molecule has 2 aromatic carbocycles. The first-order chi connectivity index (χ1) is 21.8. The van der Waals surface area contributed by atoms with Crippen molar-refractivity contribution in [2.24, 2.45) is 0 Å². The van der Waals surface area contributed by atoms with Gasteiger partial charge in [0.2, 0.25) is 0 Å². The minimum atomic E-state index is -0.617. The van der Waals surface area contributed by atoms with Gasteiger partial charge in [-0.3, -0.25) is 5.10 Å². The number of amides is 1. The Kier molecular flexibility index (Phi) is 8.73. The van der Waals surface area contributed by atoms with Gasteiger partial charge in [-0.05, 0) is 60.2 Å². The number of morpholine rings is 1. The van der Waals surface area contributed by atoms with E-state index >= 15 is 4.39 Å². The molecular weight excluding hydrogens is 613 g/mol. The number of aromatic nitrogens is 4. The van der Waals surface area contributed by atoms with E-state index in [1.54, 1.807) is 17.2 Å². The Morgan fingerprint density at radius 3 is 2.67 bits per heavy atom. The molecule has 46 heavy (non-hydrogen) atoms. The van der Waals surface area contributed by atoms with Crippen molar-refractivity contribution in [1.29, 1.82) is 0 Å². The maximum absolute atomic E-state index is 16.9. The smallest absolute Gasteiger partial charge is 0.410 e. The lowest BCUT2D eigenvalue weighted by Crippen LogP contribution is -2.59. The van der Waals surface area contributed by atoms with Crippen molar-refractivity contribution in [1.82, 2.24) is 30.0 Å². The van der Waals surface area contributed by atoms with Crippen LogP contribution in [0.15, 0.2) is 24.4 Å². The number of ether oxygens (including phenoxy) is 3. The zero-order valence-electron chi connectivity index (χ0n) is 27.4. The maximum Gasteiger partial charge on any atom is 0.410 e. The van der Waals surface area contributed by atoms with Crippen LogP contribution in [0.3, 0.4) is 0 Å². The van der Waals surface area contributed by atoms with Crippen LogP contribution in [0.25, 0.3) is 32.9 Å². The quantitative estimate of drug-likeness (QED) is 0.285. The minimum Gasteiger partial charge on any atom is -0.461 e. The van der Waals surface area contributed by atoms with Crippen LogP contribution in [0.1, 0.15) is 40.2 Å². The van der Waals surface area contributed by atoms with Crippen LogP contribution >= 0.6 is 11.6 Å². The summed E-state index contributed by atoms with van der Waals surface area (Å²) in [6.07, 6.45) is 1.15. The Balaban J connectivity index is 1.44. The third kappa shape index (κ3) is 6.30. The second kappa shape index (κ2) is 12.5. The number of anilines is 1. The average molecular weight is 654 g/mol. The van der Waals surface area contributed by atoms with E-state index in [0.29, 0.717) is 48.5 Å². The van der Waals surface area contributed by atoms with Gasteiger partial charge < -0.3 is 28.9 Å². The number of carbonyl (C=O) groups is 1.